The van der Waals surface area contributed by atoms with Crippen LogP contribution in [0.15, 0.2) is 18.2 Å². The van der Waals surface area contributed by atoms with Gasteiger partial charge in [-0.1, -0.05) is 0 Å². The molecule has 6 nitrogen and oxygen atoms in total. The first-order chi connectivity index (χ1) is 12.3. The van der Waals surface area contributed by atoms with Crippen LogP contribution in [-0.2, 0) is 24.6 Å². The van der Waals surface area contributed by atoms with E-state index in [0.29, 0.717) is 24.4 Å². The first-order valence-electron chi connectivity index (χ1n) is 8.53. The number of halogens is 3. The number of aromatic nitrogens is 2. The molecule has 2 aromatic rings. The molecule has 3 N–H and O–H groups in total. The zero-order valence-corrected chi connectivity index (χ0v) is 14.3. The van der Waals surface area contributed by atoms with E-state index in [4.69, 9.17) is 0 Å². The lowest BCUT2D eigenvalue weighted by Crippen LogP contribution is -2.47. The van der Waals surface area contributed by atoms with Gasteiger partial charge in [0.05, 0.1) is 28.6 Å². The third-order valence-electron chi connectivity index (χ3n) is 5.60. The Bertz CT molecular complexity index is 850. The van der Waals surface area contributed by atoms with Crippen LogP contribution in [0.2, 0.25) is 0 Å². The summed E-state index contributed by atoms with van der Waals surface area (Å²) in [6.07, 6.45) is -4.40. The van der Waals surface area contributed by atoms with Crippen molar-refractivity contribution in [2.45, 2.75) is 12.7 Å². The number of alkyl halides is 3. The van der Waals surface area contributed by atoms with Gasteiger partial charge in [0.25, 0.3) is 0 Å². The van der Waals surface area contributed by atoms with Crippen LogP contribution in [0.5, 0.6) is 0 Å². The normalized spacial score (nSPS) is 25.6. The number of imidazole rings is 1. The second-order valence-electron chi connectivity index (χ2n) is 7.09. The summed E-state index contributed by atoms with van der Waals surface area (Å²) in [5.41, 5.74) is -0.306. The van der Waals surface area contributed by atoms with E-state index in [2.05, 4.69) is 20.9 Å². The summed E-state index contributed by atoms with van der Waals surface area (Å²) in [6.45, 7) is 3.07. The number of nitrogens with zero attached hydrogens (tertiary/aromatic N) is 2. The summed E-state index contributed by atoms with van der Waals surface area (Å²) in [5.74, 6) is 0.746. The predicted molar refractivity (Wildman–Crippen MR) is 89.2 cm³/mol. The maximum absolute atomic E-state index is 12.9. The van der Waals surface area contributed by atoms with E-state index in [1.165, 1.54) is 6.07 Å². The van der Waals surface area contributed by atoms with Crippen molar-refractivity contribution >= 4 is 16.9 Å². The molecule has 4 rings (SSSR count). The summed E-state index contributed by atoms with van der Waals surface area (Å²) < 4.78 is 40.3. The predicted octanol–water partition coefficient (Wildman–Crippen LogP) is 1.02. The Balaban J connectivity index is 1.54. The topological polar surface area (TPSA) is 71.0 Å². The van der Waals surface area contributed by atoms with E-state index in [1.54, 1.807) is 11.6 Å². The summed E-state index contributed by atoms with van der Waals surface area (Å²) in [4.78, 5) is 17.0. The highest BCUT2D eigenvalue weighted by Crippen LogP contribution is 2.35. The molecule has 26 heavy (non-hydrogen) atoms. The summed E-state index contributed by atoms with van der Waals surface area (Å²) in [6, 6.07) is 3.49. The quantitative estimate of drug-likeness (QED) is 0.758. The molecule has 3 heterocycles. The number of fused-ring (bicyclic) bond motifs is 2. The Kier molecular flexibility index (Phi) is 3.96. The van der Waals surface area contributed by atoms with Crippen LogP contribution in [-0.4, -0.2) is 41.6 Å². The number of amides is 1. The summed E-state index contributed by atoms with van der Waals surface area (Å²) in [7, 11) is 1.74. The van der Waals surface area contributed by atoms with Gasteiger partial charge < -0.3 is 20.5 Å². The first kappa shape index (κ1) is 17.3. The van der Waals surface area contributed by atoms with Gasteiger partial charge in [0.2, 0.25) is 5.91 Å². The van der Waals surface area contributed by atoms with Crippen LogP contribution in [0.25, 0.3) is 11.0 Å². The van der Waals surface area contributed by atoms with Gasteiger partial charge in [-0.3, -0.25) is 4.79 Å². The summed E-state index contributed by atoms with van der Waals surface area (Å²) >= 11 is 0. The van der Waals surface area contributed by atoms with E-state index < -0.39 is 17.2 Å². The van der Waals surface area contributed by atoms with E-state index >= 15 is 0 Å². The molecule has 2 aliphatic rings. The molecule has 1 aromatic carbocycles. The number of benzene rings is 1. The van der Waals surface area contributed by atoms with Crippen molar-refractivity contribution in [1.82, 2.24) is 25.5 Å². The van der Waals surface area contributed by atoms with Crippen molar-refractivity contribution in [3.05, 3.63) is 29.6 Å². The molecule has 140 valence electrons. The van der Waals surface area contributed by atoms with Crippen LogP contribution in [0.4, 0.5) is 13.2 Å². The second-order valence-corrected chi connectivity index (χ2v) is 7.09. The van der Waals surface area contributed by atoms with Crippen LogP contribution in [0, 0.1) is 11.3 Å². The molecule has 1 aromatic heterocycles. The standard InChI is InChI=1S/C17H20F3N5O/c1-25-13-3-2-10(17(18,19)20)4-12(13)24-14(25)7-23-15(26)16-8-21-5-11(16)6-22-9-16/h2-4,11,21-22H,5-9H2,1H3,(H,23,26). The largest absolute Gasteiger partial charge is 0.416 e. The van der Waals surface area contributed by atoms with Gasteiger partial charge in [0.1, 0.15) is 5.82 Å². The molecule has 0 atom stereocenters. The average Bonchev–Trinajstić information content (AvgIpc) is 3.24. The van der Waals surface area contributed by atoms with Crippen LogP contribution < -0.4 is 16.0 Å². The van der Waals surface area contributed by atoms with Gasteiger partial charge in [-0.15, -0.1) is 0 Å². The number of hydrogen-bond acceptors (Lipinski definition) is 4. The maximum Gasteiger partial charge on any atom is 0.416 e. The summed E-state index contributed by atoms with van der Waals surface area (Å²) in [5, 5.41) is 9.46. The SMILES string of the molecule is Cn1c(CNC(=O)C23CNCC2CNC3)nc2cc(C(F)(F)F)ccc21. The van der Waals surface area contributed by atoms with Crippen molar-refractivity contribution in [3.63, 3.8) is 0 Å². The first-order valence-corrected chi connectivity index (χ1v) is 8.53. The molecule has 0 unspecified atom stereocenters. The van der Waals surface area contributed by atoms with Crippen LogP contribution >= 0.6 is 0 Å². The molecule has 9 heteroatoms. The molecular formula is C17H20F3N5O. The lowest BCUT2D eigenvalue weighted by molar-refractivity contribution is -0.137. The zero-order valence-electron chi connectivity index (χ0n) is 14.3. The fourth-order valence-corrected chi connectivity index (χ4v) is 4.02. The third-order valence-corrected chi connectivity index (χ3v) is 5.60. The molecule has 0 saturated carbocycles. The molecular weight excluding hydrogens is 347 g/mol. The third kappa shape index (κ3) is 2.66. The molecule has 0 spiro atoms. The maximum atomic E-state index is 12.9. The van der Waals surface area contributed by atoms with Gasteiger partial charge in [-0.25, -0.2) is 4.98 Å². The highest BCUT2D eigenvalue weighted by Gasteiger charge is 2.51. The fraction of sp³-hybridized carbons (Fsp3) is 0.529. The van der Waals surface area contributed by atoms with Gasteiger partial charge in [-0.05, 0) is 18.2 Å². The van der Waals surface area contributed by atoms with Gasteiger partial charge >= 0.3 is 6.18 Å². The van der Waals surface area contributed by atoms with Gasteiger partial charge in [0.15, 0.2) is 0 Å². The Hall–Kier alpha value is -2.13. The van der Waals surface area contributed by atoms with Crippen LogP contribution in [0.1, 0.15) is 11.4 Å². The molecule has 2 fully saturated rings. The van der Waals surface area contributed by atoms with E-state index in [0.717, 1.165) is 25.2 Å². The molecule has 2 saturated heterocycles. The monoisotopic (exact) mass is 367 g/mol. The number of nitrogens with one attached hydrogen (secondary N) is 3. The van der Waals surface area contributed by atoms with E-state index in [9.17, 15) is 18.0 Å². The molecule has 0 radical (unpaired) electrons. The van der Waals surface area contributed by atoms with Crippen molar-refractivity contribution < 1.29 is 18.0 Å². The zero-order chi connectivity index (χ0) is 18.5. The molecule has 2 aliphatic heterocycles. The van der Waals surface area contributed by atoms with Gasteiger partial charge in [0, 0.05) is 39.1 Å². The average molecular weight is 367 g/mol. The van der Waals surface area contributed by atoms with Crippen LogP contribution in [0.3, 0.4) is 0 Å². The highest BCUT2D eigenvalue weighted by molar-refractivity contribution is 5.84. The highest BCUT2D eigenvalue weighted by atomic mass is 19.4. The van der Waals surface area contributed by atoms with E-state index in [1.807, 2.05) is 0 Å². The number of carbonyl (C=O) groups excluding carboxylic acids is 1. The second kappa shape index (κ2) is 5.95. The Labute approximate surface area is 148 Å². The molecule has 0 bridgehead atoms. The smallest absolute Gasteiger partial charge is 0.348 e. The Morgan fingerprint density at radius 2 is 2.04 bits per heavy atom. The molecule has 0 aliphatic carbocycles. The van der Waals surface area contributed by atoms with Gasteiger partial charge in [-0.2, -0.15) is 13.2 Å². The number of aryl methyl sites for hydroxylation is 1. The number of hydrogen-bond donors (Lipinski definition) is 3. The van der Waals surface area contributed by atoms with Crippen molar-refractivity contribution in [1.29, 1.82) is 0 Å². The van der Waals surface area contributed by atoms with E-state index in [-0.39, 0.29) is 23.9 Å². The minimum atomic E-state index is -4.40. The van der Waals surface area contributed by atoms with Crippen molar-refractivity contribution in [2.75, 3.05) is 26.2 Å². The lowest BCUT2D eigenvalue weighted by Gasteiger charge is -2.25. The molecule has 1 amide bonds. The lowest BCUT2D eigenvalue weighted by atomic mass is 9.80. The fourth-order valence-electron chi connectivity index (χ4n) is 4.02. The Morgan fingerprint density at radius 3 is 2.69 bits per heavy atom. The van der Waals surface area contributed by atoms with Crippen molar-refractivity contribution in [2.24, 2.45) is 18.4 Å². The minimum absolute atomic E-state index is 0.0412. The minimum Gasteiger partial charge on any atom is -0.348 e. The number of rotatable bonds is 3. The Morgan fingerprint density at radius 1 is 1.35 bits per heavy atom. The van der Waals surface area contributed by atoms with Crippen molar-refractivity contribution in [3.8, 4) is 0 Å². The number of carbonyl (C=O) groups is 1.